The lowest BCUT2D eigenvalue weighted by atomic mass is 9.93. The number of rotatable bonds is 9. The Morgan fingerprint density at radius 3 is 2.11 bits per heavy atom. The molecule has 0 aromatic heterocycles. The summed E-state index contributed by atoms with van der Waals surface area (Å²) >= 11 is 0. The van der Waals surface area contributed by atoms with Crippen molar-refractivity contribution in [3.05, 3.63) is 60.0 Å². The zero-order chi connectivity index (χ0) is 31.8. The van der Waals surface area contributed by atoms with Crippen molar-refractivity contribution >= 4 is 36.8 Å². The van der Waals surface area contributed by atoms with Crippen molar-refractivity contribution in [1.29, 1.82) is 0 Å². The molecule has 2 heterocycles. The van der Waals surface area contributed by atoms with Gasteiger partial charge < -0.3 is 14.2 Å². The summed E-state index contributed by atoms with van der Waals surface area (Å²) in [5.41, 5.74) is 3.21. The highest BCUT2D eigenvalue weighted by atomic mass is 32.2. The number of sulfonamides is 1. The van der Waals surface area contributed by atoms with Gasteiger partial charge in [-0.1, -0.05) is 6.07 Å². The van der Waals surface area contributed by atoms with Crippen LogP contribution < -0.4 is 14.8 Å². The van der Waals surface area contributed by atoms with E-state index < -0.39 is 25.0 Å². The van der Waals surface area contributed by atoms with Gasteiger partial charge in [-0.15, -0.1) is 0 Å². The third-order valence-electron chi connectivity index (χ3n) is 8.55. The monoisotopic (exact) mass is 641 g/mol. The number of hydrogen-bond acceptors (Lipinski definition) is 7. The Labute approximate surface area is 260 Å². The van der Waals surface area contributed by atoms with E-state index in [-0.39, 0.29) is 18.0 Å². The number of likely N-dealkylation sites (N-methyl/N-ethyl adjacent to an activating group) is 1. The average molecular weight is 642 g/mol. The first kappa shape index (κ1) is 32.1. The molecule has 12 heteroatoms. The molecule has 2 aliphatic heterocycles. The quantitative estimate of drug-likeness (QED) is 0.166. The van der Waals surface area contributed by atoms with Crippen LogP contribution in [0, 0.1) is 0 Å². The number of anilines is 1. The third kappa shape index (κ3) is 6.01. The van der Waals surface area contributed by atoms with Gasteiger partial charge in [-0.3, -0.25) is 4.55 Å². The lowest BCUT2D eigenvalue weighted by Crippen LogP contribution is -2.47. The van der Waals surface area contributed by atoms with Crippen LogP contribution in [0.3, 0.4) is 0 Å². The highest BCUT2D eigenvalue weighted by molar-refractivity contribution is 7.89. The van der Waals surface area contributed by atoms with E-state index >= 15 is 0 Å². The van der Waals surface area contributed by atoms with Gasteiger partial charge in [0.25, 0.3) is 10.1 Å². The zero-order valence-corrected chi connectivity index (χ0v) is 27.6. The van der Waals surface area contributed by atoms with Crippen LogP contribution in [0.2, 0.25) is 0 Å². The number of fused-ring (bicyclic) bond motifs is 2. The summed E-state index contributed by atoms with van der Waals surface area (Å²) in [6.45, 7) is 13.2. The second-order valence-electron chi connectivity index (χ2n) is 11.0. The number of hydrogen-bond donors (Lipinski definition) is 1. The zero-order valence-electron chi connectivity index (χ0n) is 25.9. The molecule has 0 spiro atoms. The van der Waals surface area contributed by atoms with Crippen molar-refractivity contribution in [2.45, 2.75) is 37.5 Å². The van der Waals surface area contributed by atoms with Gasteiger partial charge >= 0.3 is 0 Å². The molecule has 0 radical (unpaired) electrons. The fourth-order valence-electron chi connectivity index (χ4n) is 5.98. The molecule has 0 atom stereocenters. The number of piperazine rings is 1. The van der Waals surface area contributed by atoms with Crippen molar-refractivity contribution in [3.8, 4) is 22.5 Å². The first-order valence-electron chi connectivity index (χ1n) is 15.1. The molecular weight excluding hydrogens is 601 g/mol. The summed E-state index contributed by atoms with van der Waals surface area (Å²) in [7, 11) is -6.90. The van der Waals surface area contributed by atoms with Gasteiger partial charge in [0, 0.05) is 79.2 Å². The fourth-order valence-corrected chi connectivity index (χ4v) is 8.21. The van der Waals surface area contributed by atoms with Gasteiger partial charge in [-0.25, -0.2) is 13.0 Å². The minimum Gasteiger partial charge on any atom is -0.456 e. The Bertz CT molecular complexity index is 1940. The minimum absolute atomic E-state index is 0.174. The van der Waals surface area contributed by atoms with Gasteiger partial charge in [0.1, 0.15) is 24.4 Å². The Balaban J connectivity index is 1.89. The predicted molar refractivity (Wildman–Crippen MR) is 174 cm³/mol. The topological polar surface area (TPSA) is 114 Å². The van der Waals surface area contributed by atoms with Crippen LogP contribution in [-0.2, 0) is 20.1 Å². The van der Waals surface area contributed by atoms with Gasteiger partial charge in [-0.2, -0.15) is 12.7 Å². The molecule has 0 unspecified atom stereocenters. The maximum absolute atomic E-state index is 14.3. The average Bonchev–Trinajstić information content (AvgIpc) is 3.00. The molecule has 1 N–H and O–H groups in total. The molecule has 3 aliphatic rings. The van der Waals surface area contributed by atoms with Crippen LogP contribution in [0.25, 0.3) is 33.4 Å². The van der Waals surface area contributed by atoms with Gasteiger partial charge in [0.15, 0.2) is 0 Å². The first-order valence-corrected chi connectivity index (χ1v) is 17.9. The number of benzene rings is 3. The highest BCUT2D eigenvalue weighted by Gasteiger charge is 2.33. The molecule has 44 heavy (non-hydrogen) atoms. The second kappa shape index (κ2) is 12.6. The lowest BCUT2D eigenvalue weighted by molar-refractivity contribution is 0.222. The van der Waals surface area contributed by atoms with Crippen molar-refractivity contribution < 1.29 is 25.8 Å². The summed E-state index contributed by atoms with van der Waals surface area (Å²) in [6, 6.07) is 15.6. The Morgan fingerprint density at radius 1 is 0.841 bits per heavy atom. The van der Waals surface area contributed by atoms with Crippen LogP contribution in [0.4, 0.5) is 5.69 Å². The second-order valence-corrected chi connectivity index (χ2v) is 14.4. The lowest BCUT2D eigenvalue weighted by Gasteiger charge is -2.32. The fraction of sp³-hybridized carbons (Fsp3) is 0.406. The van der Waals surface area contributed by atoms with Crippen LogP contribution in [-0.4, -0.2) is 90.0 Å². The highest BCUT2D eigenvalue weighted by Crippen LogP contribution is 2.44. The molecule has 5 rings (SSSR count). The van der Waals surface area contributed by atoms with Gasteiger partial charge in [0.2, 0.25) is 15.4 Å². The van der Waals surface area contributed by atoms with Crippen LogP contribution in [0.15, 0.2) is 68.8 Å². The van der Waals surface area contributed by atoms with Crippen LogP contribution in [0.1, 0.15) is 27.7 Å². The van der Waals surface area contributed by atoms with Crippen LogP contribution >= 0.6 is 0 Å². The molecular formula is C32H41N4O6S2+. The van der Waals surface area contributed by atoms with E-state index in [1.807, 2.05) is 48.3 Å². The number of nitrogens with zero attached hydrogens (tertiary/aromatic N) is 4. The molecule has 1 saturated heterocycles. The normalized spacial score (nSPS) is 15.2. The smallest absolute Gasteiger partial charge is 0.294 e. The Kier molecular flexibility index (Phi) is 9.20. The molecule has 1 fully saturated rings. The van der Waals surface area contributed by atoms with Crippen molar-refractivity contribution in [1.82, 2.24) is 13.8 Å². The van der Waals surface area contributed by atoms with Crippen molar-refractivity contribution in [2.75, 3.05) is 64.3 Å². The maximum Gasteiger partial charge on any atom is 0.294 e. The van der Waals surface area contributed by atoms with Gasteiger partial charge in [0.05, 0.1) is 15.9 Å². The van der Waals surface area contributed by atoms with Crippen LogP contribution in [0.5, 0.6) is 0 Å². The summed E-state index contributed by atoms with van der Waals surface area (Å²) in [4.78, 5) is 3.60. The Morgan fingerprint density at radius 2 is 1.50 bits per heavy atom. The molecule has 1 aliphatic carbocycles. The predicted octanol–water partition coefficient (Wildman–Crippen LogP) is 4.05. The van der Waals surface area contributed by atoms with E-state index in [2.05, 4.69) is 37.2 Å². The molecule has 10 nitrogen and oxygen atoms in total. The molecule has 0 bridgehead atoms. The summed E-state index contributed by atoms with van der Waals surface area (Å²) in [6.07, 6.45) is 0. The molecule has 2 aromatic rings. The van der Waals surface area contributed by atoms with E-state index in [1.54, 1.807) is 0 Å². The molecule has 2 aromatic carbocycles. The first-order chi connectivity index (χ1) is 20.9. The van der Waals surface area contributed by atoms with E-state index in [9.17, 15) is 21.4 Å². The van der Waals surface area contributed by atoms with Crippen molar-refractivity contribution in [2.24, 2.45) is 0 Å². The largest absolute Gasteiger partial charge is 0.456 e. The summed E-state index contributed by atoms with van der Waals surface area (Å²) < 4.78 is 73.1. The van der Waals surface area contributed by atoms with E-state index in [0.29, 0.717) is 46.5 Å². The van der Waals surface area contributed by atoms with Crippen molar-refractivity contribution in [3.63, 3.8) is 0 Å². The standard InChI is InChI=1S/C32H40N4O6S2/c1-6-34(7-2)23-10-13-26-29(20-23)42-30-21-24(35(8-3)9-4)11-14-27(30)32(26)28-15-12-25(44(39,40)41)22-31(28)43(37,38)36-18-16-33(5)17-19-36/h10-15,20-22H,6-9,16-19H2,1-5H3/p+1. The SMILES string of the molecule is CCN(CC)c1ccc2c(-c3ccc(S(=O)(=O)O)cc3S(=O)(=O)N3CCN(C)CC3)c3ccc(=[N+](CC)CC)cc-3oc2c1. The maximum atomic E-state index is 14.3. The van der Waals surface area contributed by atoms with Gasteiger partial charge in [-0.05, 0) is 65.1 Å². The van der Waals surface area contributed by atoms with E-state index in [4.69, 9.17) is 4.42 Å². The summed E-state index contributed by atoms with van der Waals surface area (Å²) in [5, 5.41) is 1.67. The Hall–Kier alpha value is -3.29. The molecule has 0 saturated carbocycles. The summed E-state index contributed by atoms with van der Waals surface area (Å²) in [5.74, 6) is 0.579. The molecule has 236 valence electrons. The van der Waals surface area contributed by atoms with E-state index in [1.165, 1.54) is 16.4 Å². The minimum atomic E-state index is -4.67. The third-order valence-corrected chi connectivity index (χ3v) is 11.3. The van der Waals surface area contributed by atoms with E-state index in [0.717, 1.165) is 43.3 Å². The molecule has 0 amide bonds.